The van der Waals surface area contributed by atoms with Gasteiger partial charge in [0.1, 0.15) is 23.0 Å². The zero-order chi connectivity index (χ0) is 22.2. The van der Waals surface area contributed by atoms with Gasteiger partial charge in [-0.3, -0.25) is 0 Å². The lowest BCUT2D eigenvalue weighted by Gasteiger charge is -2.33. The summed E-state index contributed by atoms with van der Waals surface area (Å²) in [6, 6.07) is 37.1. The molecule has 0 radical (unpaired) electrons. The molecule has 0 bridgehead atoms. The molecule has 4 aromatic rings. The molecule has 0 saturated heterocycles. The molecule has 0 aliphatic heterocycles. The van der Waals surface area contributed by atoms with Gasteiger partial charge in [0.15, 0.2) is 0 Å². The van der Waals surface area contributed by atoms with Crippen molar-refractivity contribution in [1.82, 2.24) is 0 Å². The summed E-state index contributed by atoms with van der Waals surface area (Å²) < 4.78 is 26.2. The fourth-order valence-electron chi connectivity index (χ4n) is 3.24. The molecule has 1 unspecified atom stereocenters. The average Bonchev–Trinajstić information content (AvgIpc) is 2.81. The minimum absolute atomic E-state index is 0.736. The van der Waals surface area contributed by atoms with Crippen molar-refractivity contribution in [3.8, 4) is 23.0 Å². The van der Waals surface area contributed by atoms with Crippen molar-refractivity contribution in [1.29, 1.82) is 0 Å². The molecular weight excluding hydrogens is 432 g/mol. The van der Waals surface area contributed by atoms with Gasteiger partial charge in [-0.2, -0.15) is 0 Å². The van der Waals surface area contributed by atoms with E-state index in [-0.39, 0.29) is 0 Å². The van der Waals surface area contributed by atoms with Crippen LogP contribution in [0.25, 0.3) is 0 Å². The summed E-state index contributed by atoms with van der Waals surface area (Å²) in [7, 11) is -5.63. The maximum atomic E-state index is 6.62. The first-order valence-corrected chi connectivity index (χ1v) is 15.6. The largest absolute Gasteiger partial charge is 0.524 e. The molecule has 4 aromatic carbocycles. The van der Waals surface area contributed by atoms with Crippen molar-refractivity contribution in [2.75, 3.05) is 0 Å². The van der Waals surface area contributed by atoms with Gasteiger partial charge < -0.3 is 17.7 Å². The molecule has 0 N–H and O–H groups in total. The van der Waals surface area contributed by atoms with E-state index in [4.69, 9.17) is 17.7 Å². The zero-order valence-corrected chi connectivity index (χ0v) is 20.3. The molecule has 6 heteroatoms. The molecule has 0 aliphatic rings. The van der Waals surface area contributed by atoms with Crippen LogP contribution in [0, 0.1) is 6.92 Å². The van der Waals surface area contributed by atoms with Crippen LogP contribution < -0.4 is 17.7 Å². The second kappa shape index (κ2) is 10.2. The van der Waals surface area contributed by atoms with Gasteiger partial charge in [0.25, 0.3) is 0 Å². The predicted octanol–water partition coefficient (Wildman–Crippen LogP) is 5.98. The highest BCUT2D eigenvalue weighted by atomic mass is 29.3. The summed E-state index contributed by atoms with van der Waals surface area (Å²) in [6.07, 6.45) is 0. The van der Waals surface area contributed by atoms with Gasteiger partial charge in [-0.1, -0.05) is 66.7 Å². The predicted molar refractivity (Wildman–Crippen MR) is 132 cm³/mol. The van der Waals surface area contributed by atoms with Crippen molar-refractivity contribution in [3.63, 3.8) is 0 Å². The second-order valence-corrected chi connectivity index (χ2v) is 15.7. The highest BCUT2D eigenvalue weighted by Crippen LogP contribution is 2.26. The van der Waals surface area contributed by atoms with Crippen LogP contribution in [0.3, 0.4) is 0 Å². The molecule has 0 amide bonds. The number of hydrogen-bond donors (Lipinski definition) is 0. The molecule has 0 spiro atoms. The van der Waals surface area contributed by atoms with Crippen molar-refractivity contribution in [3.05, 3.63) is 121 Å². The Morgan fingerprint density at radius 1 is 0.531 bits per heavy atom. The van der Waals surface area contributed by atoms with Crippen molar-refractivity contribution < 1.29 is 17.7 Å². The monoisotopic (exact) mass is 458 g/mol. The number of para-hydroxylation sites is 3. The Hall–Kier alpha value is -3.49. The molecule has 0 heterocycles. The van der Waals surface area contributed by atoms with Crippen LogP contribution in [0.2, 0.25) is 6.55 Å². The van der Waals surface area contributed by atoms with Crippen molar-refractivity contribution in [2.24, 2.45) is 0 Å². The van der Waals surface area contributed by atoms with Crippen LogP contribution in [0.4, 0.5) is 0 Å². The number of benzene rings is 4. The SMILES string of the molecule is Cc1cccc(O[Si](C)(Oc2ccccc2)[SiH](Oc2ccccc2)Oc2ccccc2)c1. The molecular formula is C26H26O4Si2. The van der Waals surface area contributed by atoms with Gasteiger partial charge in [0.2, 0.25) is 0 Å². The van der Waals surface area contributed by atoms with E-state index >= 15 is 0 Å². The third kappa shape index (κ3) is 5.81. The van der Waals surface area contributed by atoms with Crippen LogP contribution in [0.5, 0.6) is 23.0 Å². The Labute approximate surface area is 191 Å². The fraction of sp³-hybridized carbons (Fsp3) is 0.0769. The summed E-state index contributed by atoms with van der Waals surface area (Å²) in [4.78, 5) is 0. The zero-order valence-electron chi connectivity index (χ0n) is 18.2. The maximum Gasteiger partial charge on any atom is 0.524 e. The highest BCUT2D eigenvalue weighted by molar-refractivity contribution is 7.22. The Bertz CT molecular complexity index is 1070. The Kier molecular flexibility index (Phi) is 6.94. The molecule has 0 fully saturated rings. The number of hydrogen-bond acceptors (Lipinski definition) is 4. The van der Waals surface area contributed by atoms with E-state index in [1.807, 2.05) is 129 Å². The lowest BCUT2D eigenvalue weighted by molar-refractivity contribution is 0.367. The van der Waals surface area contributed by atoms with Gasteiger partial charge in [-0.05, 0) is 61.0 Å². The lowest BCUT2D eigenvalue weighted by Crippen LogP contribution is -2.65. The van der Waals surface area contributed by atoms with E-state index in [1.165, 1.54) is 0 Å². The smallest absolute Gasteiger partial charge is 0.512 e. The average molecular weight is 459 g/mol. The number of rotatable bonds is 9. The number of aryl methyl sites for hydroxylation is 1. The minimum Gasteiger partial charge on any atom is -0.512 e. The molecule has 0 aliphatic carbocycles. The molecule has 162 valence electrons. The van der Waals surface area contributed by atoms with Crippen LogP contribution in [0.15, 0.2) is 115 Å². The first-order valence-electron chi connectivity index (χ1n) is 10.5. The molecule has 1 atom stereocenters. The Morgan fingerprint density at radius 2 is 0.969 bits per heavy atom. The second-order valence-electron chi connectivity index (χ2n) is 7.54. The van der Waals surface area contributed by atoms with Crippen molar-refractivity contribution in [2.45, 2.75) is 13.5 Å². The first kappa shape index (κ1) is 21.7. The van der Waals surface area contributed by atoms with Crippen LogP contribution >= 0.6 is 0 Å². The quantitative estimate of drug-likeness (QED) is 0.289. The van der Waals surface area contributed by atoms with Crippen LogP contribution in [-0.2, 0) is 0 Å². The Morgan fingerprint density at radius 3 is 1.47 bits per heavy atom. The third-order valence-corrected chi connectivity index (χ3v) is 11.9. The van der Waals surface area contributed by atoms with E-state index in [0.717, 1.165) is 28.6 Å². The summed E-state index contributed by atoms with van der Waals surface area (Å²) in [5, 5.41) is 0. The van der Waals surface area contributed by atoms with Gasteiger partial charge in [-0.15, -0.1) is 0 Å². The molecule has 4 nitrogen and oxygen atoms in total. The third-order valence-electron chi connectivity index (χ3n) is 4.77. The maximum absolute atomic E-state index is 6.62. The molecule has 4 rings (SSSR count). The van der Waals surface area contributed by atoms with Crippen LogP contribution in [-0.4, -0.2) is 16.9 Å². The minimum atomic E-state index is -3.05. The van der Waals surface area contributed by atoms with Crippen LogP contribution in [0.1, 0.15) is 5.56 Å². The molecule has 0 aromatic heterocycles. The van der Waals surface area contributed by atoms with Gasteiger partial charge in [-0.25, -0.2) is 0 Å². The summed E-state index contributed by atoms with van der Waals surface area (Å²) in [5.41, 5.74) is 1.12. The fourth-order valence-corrected chi connectivity index (χ4v) is 9.45. The first-order chi connectivity index (χ1) is 15.6. The van der Waals surface area contributed by atoms with E-state index in [1.54, 1.807) is 0 Å². The lowest BCUT2D eigenvalue weighted by atomic mass is 10.2. The van der Waals surface area contributed by atoms with Gasteiger partial charge in [0, 0.05) is 6.55 Å². The van der Waals surface area contributed by atoms with E-state index in [2.05, 4.69) is 0 Å². The Balaban J connectivity index is 1.73. The van der Waals surface area contributed by atoms with E-state index in [9.17, 15) is 0 Å². The van der Waals surface area contributed by atoms with E-state index in [0.29, 0.717) is 0 Å². The normalized spacial score (nSPS) is 12.6. The van der Waals surface area contributed by atoms with Crippen molar-refractivity contribution >= 4 is 16.9 Å². The van der Waals surface area contributed by atoms with E-state index < -0.39 is 16.9 Å². The molecule has 0 saturated carbocycles. The summed E-state index contributed by atoms with van der Waals surface area (Å²) in [6.45, 7) is 4.06. The standard InChI is InChI=1S/C26H26O4Si2/c1-22-13-12-20-26(21-22)30-32(2,29-25-18-10-5-11-19-25)31(27-23-14-6-3-7-15-23)28-24-16-8-4-9-17-24/h3-21,31H,1-2H3. The highest BCUT2D eigenvalue weighted by Gasteiger charge is 2.55. The summed E-state index contributed by atoms with van der Waals surface area (Å²) in [5.74, 6) is 2.97. The van der Waals surface area contributed by atoms with Gasteiger partial charge >= 0.3 is 16.9 Å². The molecule has 32 heavy (non-hydrogen) atoms. The van der Waals surface area contributed by atoms with Gasteiger partial charge in [0.05, 0.1) is 0 Å². The topological polar surface area (TPSA) is 36.9 Å². The summed E-state index contributed by atoms with van der Waals surface area (Å²) >= 11 is 0.